The molecule has 1 N–H and O–H groups in total. The SMILES string of the molecule is CCCC(c1ccccc1)C(O)(C(=O)OC)C(C)C. The Hall–Kier alpha value is -1.35. The third-order valence-corrected chi connectivity index (χ3v) is 3.70. The second-order valence-electron chi connectivity index (χ2n) is 5.22. The molecule has 3 nitrogen and oxygen atoms in total. The fourth-order valence-electron chi connectivity index (χ4n) is 2.56. The monoisotopic (exact) mass is 264 g/mol. The number of carbonyl (C=O) groups is 1. The van der Waals surface area contributed by atoms with Gasteiger partial charge in [-0.05, 0) is 17.9 Å². The fourth-order valence-corrected chi connectivity index (χ4v) is 2.56. The van der Waals surface area contributed by atoms with Crippen LogP contribution in [-0.4, -0.2) is 23.8 Å². The van der Waals surface area contributed by atoms with Crippen LogP contribution in [0.25, 0.3) is 0 Å². The molecule has 0 aromatic heterocycles. The number of hydrogen-bond acceptors (Lipinski definition) is 3. The molecule has 0 heterocycles. The molecule has 0 fully saturated rings. The van der Waals surface area contributed by atoms with Crippen LogP contribution in [0.3, 0.4) is 0 Å². The summed E-state index contributed by atoms with van der Waals surface area (Å²) in [5, 5.41) is 10.9. The maximum Gasteiger partial charge on any atom is 0.338 e. The van der Waals surface area contributed by atoms with Crippen molar-refractivity contribution in [3.8, 4) is 0 Å². The van der Waals surface area contributed by atoms with Gasteiger partial charge < -0.3 is 9.84 Å². The first-order valence-electron chi connectivity index (χ1n) is 6.84. The topological polar surface area (TPSA) is 46.5 Å². The lowest BCUT2D eigenvalue weighted by atomic mass is 9.73. The van der Waals surface area contributed by atoms with Crippen LogP contribution in [-0.2, 0) is 9.53 Å². The third kappa shape index (κ3) is 3.16. The van der Waals surface area contributed by atoms with Gasteiger partial charge >= 0.3 is 5.97 Å². The summed E-state index contributed by atoms with van der Waals surface area (Å²) in [4.78, 5) is 12.1. The number of ether oxygens (including phenoxy) is 1. The number of benzene rings is 1. The maximum absolute atomic E-state index is 12.1. The van der Waals surface area contributed by atoms with Crippen LogP contribution < -0.4 is 0 Å². The molecule has 19 heavy (non-hydrogen) atoms. The Labute approximate surface area is 115 Å². The standard InChI is InChI=1S/C16H24O3/c1-5-9-14(13-10-7-6-8-11-13)16(18,12(2)3)15(17)19-4/h6-8,10-12,14,18H,5,9H2,1-4H3. The van der Waals surface area contributed by atoms with Crippen molar-refractivity contribution < 1.29 is 14.6 Å². The van der Waals surface area contributed by atoms with Crippen molar-refractivity contribution in [2.45, 2.75) is 45.1 Å². The van der Waals surface area contributed by atoms with E-state index in [0.717, 1.165) is 18.4 Å². The average molecular weight is 264 g/mol. The van der Waals surface area contributed by atoms with Crippen molar-refractivity contribution in [2.24, 2.45) is 5.92 Å². The van der Waals surface area contributed by atoms with Gasteiger partial charge in [-0.1, -0.05) is 57.5 Å². The van der Waals surface area contributed by atoms with E-state index in [9.17, 15) is 9.90 Å². The summed E-state index contributed by atoms with van der Waals surface area (Å²) in [5.74, 6) is -1.01. The first-order valence-corrected chi connectivity index (χ1v) is 6.84. The lowest BCUT2D eigenvalue weighted by Gasteiger charge is -2.37. The molecule has 2 unspecified atom stereocenters. The van der Waals surface area contributed by atoms with Gasteiger partial charge in [0.2, 0.25) is 0 Å². The number of esters is 1. The largest absolute Gasteiger partial charge is 0.467 e. The van der Waals surface area contributed by atoms with Gasteiger partial charge in [0.05, 0.1) is 7.11 Å². The van der Waals surface area contributed by atoms with Crippen LogP contribution in [0.4, 0.5) is 0 Å². The molecule has 0 aliphatic heterocycles. The van der Waals surface area contributed by atoms with E-state index >= 15 is 0 Å². The zero-order valence-corrected chi connectivity index (χ0v) is 12.2. The Balaban J connectivity index is 3.25. The zero-order valence-electron chi connectivity index (χ0n) is 12.2. The molecule has 0 radical (unpaired) electrons. The van der Waals surface area contributed by atoms with Gasteiger partial charge in [-0.3, -0.25) is 0 Å². The number of carbonyl (C=O) groups excluding carboxylic acids is 1. The van der Waals surface area contributed by atoms with Crippen molar-refractivity contribution in [1.82, 2.24) is 0 Å². The van der Waals surface area contributed by atoms with Crippen LogP contribution in [0.15, 0.2) is 30.3 Å². The van der Waals surface area contributed by atoms with Crippen LogP contribution >= 0.6 is 0 Å². The minimum absolute atomic E-state index is 0.211. The molecule has 0 bridgehead atoms. The highest BCUT2D eigenvalue weighted by molar-refractivity contribution is 5.81. The molecular formula is C16H24O3. The summed E-state index contributed by atoms with van der Waals surface area (Å²) in [6.07, 6.45) is 1.64. The van der Waals surface area contributed by atoms with E-state index < -0.39 is 11.6 Å². The Morgan fingerprint density at radius 1 is 1.32 bits per heavy atom. The van der Waals surface area contributed by atoms with Crippen LogP contribution in [0, 0.1) is 5.92 Å². The number of methoxy groups -OCH3 is 1. The molecule has 0 aliphatic rings. The van der Waals surface area contributed by atoms with Crippen molar-refractivity contribution in [3.05, 3.63) is 35.9 Å². The van der Waals surface area contributed by atoms with E-state index in [1.807, 2.05) is 51.1 Å². The van der Waals surface area contributed by atoms with E-state index in [0.29, 0.717) is 0 Å². The first kappa shape index (κ1) is 15.7. The van der Waals surface area contributed by atoms with E-state index in [-0.39, 0.29) is 11.8 Å². The van der Waals surface area contributed by atoms with Gasteiger partial charge in [0, 0.05) is 5.92 Å². The molecule has 1 rings (SSSR count). The van der Waals surface area contributed by atoms with Crippen molar-refractivity contribution in [1.29, 1.82) is 0 Å². The smallest absolute Gasteiger partial charge is 0.338 e. The summed E-state index contributed by atoms with van der Waals surface area (Å²) >= 11 is 0. The van der Waals surface area contributed by atoms with Gasteiger partial charge in [0.1, 0.15) is 0 Å². The predicted molar refractivity (Wildman–Crippen MR) is 75.9 cm³/mol. The van der Waals surface area contributed by atoms with Crippen molar-refractivity contribution in [3.63, 3.8) is 0 Å². The number of rotatable bonds is 6. The molecule has 0 saturated carbocycles. The summed E-state index contributed by atoms with van der Waals surface area (Å²) in [7, 11) is 1.32. The average Bonchev–Trinajstić information content (AvgIpc) is 2.43. The highest BCUT2D eigenvalue weighted by Crippen LogP contribution is 2.38. The van der Waals surface area contributed by atoms with Gasteiger partial charge in [-0.2, -0.15) is 0 Å². The molecule has 2 atom stereocenters. The van der Waals surface area contributed by atoms with Gasteiger partial charge in [0.15, 0.2) is 5.60 Å². The summed E-state index contributed by atoms with van der Waals surface area (Å²) in [6, 6.07) is 9.69. The highest BCUT2D eigenvalue weighted by atomic mass is 16.5. The summed E-state index contributed by atoms with van der Waals surface area (Å²) in [5.41, 5.74) is -0.502. The minimum Gasteiger partial charge on any atom is -0.467 e. The van der Waals surface area contributed by atoms with Gasteiger partial charge in [-0.25, -0.2) is 4.79 Å². The van der Waals surface area contributed by atoms with E-state index in [1.54, 1.807) is 0 Å². The Morgan fingerprint density at radius 2 is 1.89 bits per heavy atom. The molecule has 0 spiro atoms. The molecular weight excluding hydrogens is 240 g/mol. The Bertz CT molecular complexity index is 400. The molecule has 3 heteroatoms. The molecule has 1 aromatic carbocycles. The highest BCUT2D eigenvalue weighted by Gasteiger charge is 2.47. The van der Waals surface area contributed by atoms with Crippen LogP contribution in [0.1, 0.15) is 45.1 Å². The predicted octanol–water partition coefficient (Wildman–Crippen LogP) is 3.13. The van der Waals surface area contributed by atoms with Gasteiger partial charge in [-0.15, -0.1) is 0 Å². The first-order chi connectivity index (χ1) is 8.98. The third-order valence-electron chi connectivity index (χ3n) is 3.70. The maximum atomic E-state index is 12.1. The van der Waals surface area contributed by atoms with Crippen LogP contribution in [0.2, 0.25) is 0 Å². The van der Waals surface area contributed by atoms with Crippen LogP contribution in [0.5, 0.6) is 0 Å². The Kier molecular flexibility index (Phi) is 5.55. The molecule has 106 valence electrons. The molecule has 1 aromatic rings. The molecule has 0 aliphatic carbocycles. The van der Waals surface area contributed by atoms with E-state index in [2.05, 4.69) is 0 Å². The Morgan fingerprint density at radius 3 is 2.32 bits per heavy atom. The lowest BCUT2D eigenvalue weighted by molar-refractivity contribution is -0.171. The van der Waals surface area contributed by atoms with E-state index in [4.69, 9.17) is 4.74 Å². The molecule has 0 amide bonds. The van der Waals surface area contributed by atoms with Crippen molar-refractivity contribution in [2.75, 3.05) is 7.11 Å². The number of aliphatic hydroxyl groups is 1. The number of hydrogen-bond donors (Lipinski definition) is 1. The van der Waals surface area contributed by atoms with Gasteiger partial charge in [0.25, 0.3) is 0 Å². The zero-order chi connectivity index (χ0) is 14.5. The fraction of sp³-hybridized carbons (Fsp3) is 0.562. The van der Waals surface area contributed by atoms with Crippen molar-refractivity contribution >= 4 is 5.97 Å². The lowest BCUT2D eigenvalue weighted by Crippen LogP contribution is -2.49. The normalized spacial score (nSPS) is 15.9. The second kappa shape index (κ2) is 6.71. The summed E-state index contributed by atoms with van der Waals surface area (Å²) in [6.45, 7) is 5.75. The molecule has 0 saturated heterocycles. The quantitative estimate of drug-likeness (QED) is 0.803. The minimum atomic E-state index is -1.48. The summed E-state index contributed by atoms with van der Waals surface area (Å²) < 4.78 is 4.84. The van der Waals surface area contributed by atoms with E-state index in [1.165, 1.54) is 7.11 Å². The second-order valence-corrected chi connectivity index (χ2v) is 5.22.